The maximum absolute atomic E-state index is 9.74. The van der Waals surface area contributed by atoms with Crippen molar-refractivity contribution in [2.24, 2.45) is 7.05 Å². The molecule has 4 aromatic rings. The molecule has 0 aliphatic rings. The van der Waals surface area contributed by atoms with Gasteiger partial charge in [-0.15, -0.1) is 0 Å². The Hall–Kier alpha value is -3.60. The van der Waals surface area contributed by atoms with Crippen molar-refractivity contribution in [1.82, 2.24) is 14.8 Å². The molecule has 5 nitrogen and oxygen atoms in total. The van der Waals surface area contributed by atoms with E-state index in [0.29, 0.717) is 5.82 Å². The average Bonchev–Trinajstić information content (AvgIpc) is 3.10. The number of benzene rings is 3. The van der Waals surface area contributed by atoms with Crippen LogP contribution in [0.25, 0.3) is 33.9 Å². The lowest BCUT2D eigenvalue weighted by Gasteiger charge is -2.05. The van der Waals surface area contributed by atoms with Crippen LogP contribution in [0.3, 0.4) is 0 Å². The quantitative estimate of drug-likeness (QED) is 0.583. The summed E-state index contributed by atoms with van der Waals surface area (Å²) in [6.45, 7) is 0. The van der Waals surface area contributed by atoms with Gasteiger partial charge in [-0.25, -0.2) is 9.67 Å². The van der Waals surface area contributed by atoms with Gasteiger partial charge in [0.2, 0.25) is 0 Å². The highest BCUT2D eigenvalue weighted by atomic mass is 16.5. The maximum Gasteiger partial charge on any atom is 0.181 e. The van der Waals surface area contributed by atoms with E-state index < -0.39 is 0 Å². The molecule has 0 atom stereocenters. The highest BCUT2D eigenvalue weighted by molar-refractivity contribution is 5.72. The molecule has 0 aliphatic carbocycles. The molecule has 0 saturated carbocycles. The zero-order chi connectivity index (χ0) is 18.8. The minimum Gasteiger partial charge on any atom is -0.508 e. The number of phenolic OH excluding ortho intramolecular Hbond substituents is 1. The Kier molecular flexibility index (Phi) is 4.34. The van der Waals surface area contributed by atoms with Crippen molar-refractivity contribution in [2.75, 3.05) is 7.11 Å². The second-order valence-corrected chi connectivity index (χ2v) is 6.25. The van der Waals surface area contributed by atoms with Crippen molar-refractivity contribution in [2.45, 2.75) is 0 Å². The zero-order valence-electron chi connectivity index (χ0n) is 15.1. The Morgan fingerprint density at radius 1 is 0.815 bits per heavy atom. The molecule has 0 unspecified atom stereocenters. The van der Waals surface area contributed by atoms with Crippen LogP contribution < -0.4 is 4.74 Å². The summed E-state index contributed by atoms with van der Waals surface area (Å²) in [7, 11) is 3.52. The van der Waals surface area contributed by atoms with Gasteiger partial charge in [0.1, 0.15) is 11.5 Å². The molecule has 0 spiro atoms. The third-order valence-corrected chi connectivity index (χ3v) is 4.39. The van der Waals surface area contributed by atoms with Gasteiger partial charge >= 0.3 is 0 Å². The fraction of sp³-hybridized carbons (Fsp3) is 0.0909. The lowest BCUT2D eigenvalue weighted by Crippen LogP contribution is -1.94. The van der Waals surface area contributed by atoms with Crippen molar-refractivity contribution in [1.29, 1.82) is 0 Å². The molecular formula is C22H19N3O2. The Labute approximate surface area is 157 Å². The molecule has 0 amide bonds. The van der Waals surface area contributed by atoms with Crippen molar-refractivity contribution < 1.29 is 9.84 Å². The van der Waals surface area contributed by atoms with Gasteiger partial charge in [0.05, 0.1) is 7.11 Å². The third kappa shape index (κ3) is 3.40. The van der Waals surface area contributed by atoms with Crippen LogP contribution >= 0.6 is 0 Å². The summed E-state index contributed by atoms with van der Waals surface area (Å²) >= 11 is 0. The van der Waals surface area contributed by atoms with E-state index in [1.807, 2.05) is 67.7 Å². The average molecular weight is 357 g/mol. The van der Waals surface area contributed by atoms with E-state index in [4.69, 9.17) is 9.72 Å². The molecule has 5 heteroatoms. The second kappa shape index (κ2) is 6.96. The molecule has 0 radical (unpaired) electrons. The fourth-order valence-electron chi connectivity index (χ4n) is 3.04. The van der Waals surface area contributed by atoms with E-state index in [2.05, 4.69) is 5.10 Å². The molecule has 3 aromatic carbocycles. The highest BCUT2D eigenvalue weighted by Gasteiger charge is 2.12. The van der Waals surface area contributed by atoms with Crippen LogP contribution in [0.5, 0.6) is 11.5 Å². The maximum atomic E-state index is 9.74. The molecule has 0 aliphatic heterocycles. The molecule has 134 valence electrons. The molecule has 0 fully saturated rings. The van der Waals surface area contributed by atoms with Gasteiger partial charge in [-0.3, -0.25) is 0 Å². The predicted octanol–water partition coefficient (Wildman–Crippen LogP) is 4.53. The largest absolute Gasteiger partial charge is 0.508 e. The van der Waals surface area contributed by atoms with Gasteiger partial charge in [-0.2, -0.15) is 5.10 Å². The van der Waals surface area contributed by atoms with Crippen LogP contribution in [0.2, 0.25) is 0 Å². The first-order valence-electron chi connectivity index (χ1n) is 8.59. The molecule has 1 N–H and O–H groups in total. The van der Waals surface area contributed by atoms with Crippen molar-refractivity contribution >= 4 is 0 Å². The van der Waals surface area contributed by atoms with Crippen molar-refractivity contribution in [3.63, 3.8) is 0 Å². The van der Waals surface area contributed by atoms with Crippen LogP contribution in [0.4, 0.5) is 0 Å². The van der Waals surface area contributed by atoms with E-state index in [1.165, 1.54) is 0 Å². The second-order valence-electron chi connectivity index (χ2n) is 6.25. The summed E-state index contributed by atoms with van der Waals surface area (Å²) in [5, 5.41) is 14.3. The number of rotatable bonds is 4. The van der Waals surface area contributed by atoms with Gasteiger partial charge in [0.25, 0.3) is 0 Å². The van der Waals surface area contributed by atoms with Gasteiger partial charge in [0.15, 0.2) is 11.6 Å². The SMILES string of the molecule is COc1cccc(-c2nc(-c3cccc(-c4cccc(O)c4)c3)n(C)n2)c1. The monoisotopic (exact) mass is 357 g/mol. The number of methoxy groups -OCH3 is 1. The van der Waals surface area contributed by atoms with E-state index >= 15 is 0 Å². The van der Waals surface area contributed by atoms with Crippen LogP contribution in [0.1, 0.15) is 0 Å². The first-order chi connectivity index (χ1) is 13.1. The number of aromatic hydroxyl groups is 1. The number of ether oxygens (including phenoxy) is 1. The van der Waals surface area contributed by atoms with Crippen molar-refractivity contribution in [3.8, 4) is 45.4 Å². The lowest BCUT2D eigenvalue weighted by atomic mass is 10.0. The van der Waals surface area contributed by atoms with E-state index in [9.17, 15) is 5.11 Å². The first kappa shape index (κ1) is 16.8. The van der Waals surface area contributed by atoms with Crippen LogP contribution in [0, 0.1) is 0 Å². The Morgan fingerprint density at radius 3 is 2.26 bits per heavy atom. The Morgan fingerprint density at radius 2 is 1.48 bits per heavy atom. The summed E-state index contributed by atoms with van der Waals surface area (Å²) in [6, 6.07) is 23.0. The van der Waals surface area contributed by atoms with Crippen LogP contribution in [-0.2, 0) is 7.05 Å². The molecule has 27 heavy (non-hydrogen) atoms. The van der Waals surface area contributed by atoms with Crippen molar-refractivity contribution in [3.05, 3.63) is 72.8 Å². The molecule has 0 saturated heterocycles. The van der Waals surface area contributed by atoms with Gasteiger partial charge in [-0.05, 0) is 41.5 Å². The number of nitrogens with zero attached hydrogens (tertiary/aromatic N) is 3. The lowest BCUT2D eigenvalue weighted by molar-refractivity contribution is 0.415. The number of phenols is 1. The zero-order valence-corrected chi connectivity index (χ0v) is 15.1. The van der Waals surface area contributed by atoms with Crippen LogP contribution in [0.15, 0.2) is 72.8 Å². The molecule has 0 bridgehead atoms. The number of hydrogen-bond donors (Lipinski definition) is 1. The topological polar surface area (TPSA) is 60.2 Å². The minimum absolute atomic E-state index is 0.247. The summed E-state index contributed by atoms with van der Waals surface area (Å²) in [4.78, 5) is 4.72. The fourth-order valence-corrected chi connectivity index (χ4v) is 3.04. The van der Waals surface area contributed by atoms with Gasteiger partial charge in [0, 0.05) is 18.2 Å². The van der Waals surface area contributed by atoms with Crippen LogP contribution in [-0.4, -0.2) is 27.0 Å². The molecular weight excluding hydrogens is 338 g/mol. The van der Waals surface area contributed by atoms with E-state index in [0.717, 1.165) is 33.8 Å². The Bertz CT molecular complexity index is 1100. The van der Waals surface area contributed by atoms with E-state index in [-0.39, 0.29) is 5.75 Å². The summed E-state index contributed by atoms with van der Waals surface area (Å²) in [5.74, 6) is 2.44. The normalized spacial score (nSPS) is 10.7. The number of hydrogen-bond acceptors (Lipinski definition) is 4. The van der Waals surface area contributed by atoms with Gasteiger partial charge < -0.3 is 9.84 Å². The predicted molar refractivity (Wildman–Crippen MR) is 106 cm³/mol. The third-order valence-electron chi connectivity index (χ3n) is 4.39. The minimum atomic E-state index is 0.247. The standard InChI is InChI=1S/C22H19N3O2/c1-25-22(23-21(24-25)17-8-5-11-20(14-17)27-2)18-9-3-6-15(12-18)16-7-4-10-19(26)13-16/h3-14,26H,1-2H3. The van der Waals surface area contributed by atoms with Gasteiger partial charge in [-0.1, -0.05) is 42.5 Å². The van der Waals surface area contributed by atoms with E-state index in [1.54, 1.807) is 23.9 Å². The summed E-state index contributed by atoms with van der Waals surface area (Å²) in [6.07, 6.45) is 0. The molecule has 1 aromatic heterocycles. The first-order valence-corrected chi connectivity index (χ1v) is 8.59. The molecule has 4 rings (SSSR count). The summed E-state index contributed by atoms with van der Waals surface area (Å²) in [5.41, 5.74) is 3.82. The highest BCUT2D eigenvalue weighted by Crippen LogP contribution is 2.29. The number of aryl methyl sites for hydroxylation is 1. The number of aromatic nitrogens is 3. The Balaban J connectivity index is 1.74. The smallest absolute Gasteiger partial charge is 0.181 e. The summed E-state index contributed by atoms with van der Waals surface area (Å²) < 4.78 is 7.06. The molecule has 1 heterocycles.